The van der Waals surface area contributed by atoms with Gasteiger partial charge in [-0.15, -0.1) is 0 Å². The van der Waals surface area contributed by atoms with Gasteiger partial charge in [0.2, 0.25) is 0 Å². The largest absolute Gasteiger partial charge is 0.315 e. The van der Waals surface area contributed by atoms with Crippen LogP contribution in [0.15, 0.2) is 22.9 Å². The highest BCUT2D eigenvalue weighted by atomic mass is 79.9. The Balaban J connectivity index is 2.13. The number of hydrogen-bond acceptors (Lipinski definition) is 2. The highest BCUT2D eigenvalue weighted by molar-refractivity contribution is 9.10. The van der Waals surface area contributed by atoms with Gasteiger partial charge in [0.05, 0.1) is 11.0 Å². The van der Waals surface area contributed by atoms with Crippen molar-refractivity contribution < 1.29 is 0 Å². The SMILES string of the molecule is Cc1ccc2nc(Br)n(C3CCCNC3)c2c1. The lowest BCUT2D eigenvalue weighted by Crippen LogP contribution is -2.31. The molecule has 1 aliphatic rings. The van der Waals surface area contributed by atoms with Crippen LogP contribution < -0.4 is 5.32 Å². The number of halogens is 1. The number of aromatic nitrogens is 2. The fraction of sp³-hybridized carbons (Fsp3) is 0.462. The van der Waals surface area contributed by atoms with Crippen molar-refractivity contribution in [3.63, 3.8) is 0 Å². The minimum atomic E-state index is 0.518. The summed E-state index contributed by atoms with van der Waals surface area (Å²) in [4.78, 5) is 4.58. The number of nitrogens with zero attached hydrogens (tertiary/aromatic N) is 2. The van der Waals surface area contributed by atoms with Crippen LogP contribution in [-0.2, 0) is 0 Å². The maximum absolute atomic E-state index is 4.58. The molecule has 0 aliphatic carbocycles. The summed E-state index contributed by atoms with van der Waals surface area (Å²) in [5.41, 5.74) is 3.61. The number of rotatable bonds is 1. The quantitative estimate of drug-likeness (QED) is 0.876. The van der Waals surface area contributed by atoms with Gasteiger partial charge in [0, 0.05) is 12.6 Å². The zero-order valence-electron chi connectivity index (χ0n) is 9.91. The van der Waals surface area contributed by atoms with Gasteiger partial charge in [-0.05, 0) is 59.9 Å². The van der Waals surface area contributed by atoms with Crippen LogP contribution in [0.4, 0.5) is 0 Å². The van der Waals surface area contributed by atoms with Gasteiger partial charge in [-0.3, -0.25) is 0 Å². The fourth-order valence-corrected chi connectivity index (χ4v) is 3.25. The maximum Gasteiger partial charge on any atom is 0.178 e. The van der Waals surface area contributed by atoms with E-state index in [1.54, 1.807) is 0 Å². The van der Waals surface area contributed by atoms with Crippen molar-refractivity contribution in [2.24, 2.45) is 0 Å². The highest BCUT2D eigenvalue weighted by Crippen LogP contribution is 2.28. The Bertz CT molecular complexity index is 541. The third kappa shape index (κ3) is 2.00. The van der Waals surface area contributed by atoms with Crippen LogP contribution in [0, 0.1) is 6.92 Å². The average Bonchev–Trinajstić information content (AvgIpc) is 2.65. The highest BCUT2D eigenvalue weighted by Gasteiger charge is 2.19. The molecule has 0 bridgehead atoms. The number of nitrogens with one attached hydrogen (secondary N) is 1. The summed E-state index contributed by atoms with van der Waals surface area (Å²) in [6, 6.07) is 6.96. The third-order valence-electron chi connectivity index (χ3n) is 3.44. The molecule has 0 radical (unpaired) electrons. The lowest BCUT2D eigenvalue weighted by molar-refractivity contribution is 0.373. The first-order chi connectivity index (χ1) is 8.25. The van der Waals surface area contributed by atoms with Crippen molar-refractivity contribution in [1.82, 2.24) is 14.9 Å². The molecule has 1 unspecified atom stereocenters. The summed E-state index contributed by atoms with van der Waals surface area (Å²) in [5, 5.41) is 3.46. The molecule has 1 aromatic heterocycles. The smallest absolute Gasteiger partial charge is 0.178 e. The van der Waals surface area contributed by atoms with E-state index in [0.717, 1.165) is 23.3 Å². The molecule has 2 aromatic rings. The van der Waals surface area contributed by atoms with Crippen LogP contribution in [0.3, 0.4) is 0 Å². The Morgan fingerprint density at radius 2 is 2.35 bits per heavy atom. The second-order valence-electron chi connectivity index (χ2n) is 4.74. The third-order valence-corrected chi connectivity index (χ3v) is 4.00. The van der Waals surface area contributed by atoms with E-state index in [-0.39, 0.29) is 0 Å². The summed E-state index contributed by atoms with van der Waals surface area (Å²) in [7, 11) is 0. The Morgan fingerprint density at radius 3 is 3.12 bits per heavy atom. The molecular formula is C13H16BrN3. The van der Waals surface area contributed by atoms with E-state index in [4.69, 9.17) is 0 Å². The molecule has 1 fully saturated rings. The molecule has 1 N–H and O–H groups in total. The standard InChI is InChI=1S/C13H16BrN3/c1-9-4-5-11-12(7-9)17(13(14)16-11)10-3-2-6-15-8-10/h4-5,7,10,15H,2-3,6,8H2,1H3. The normalized spacial score (nSPS) is 20.9. The van der Waals surface area contributed by atoms with Crippen molar-refractivity contribution in [3.8, 4) is 0 Å². The summed E-state index contributed by atoms with van der Waals surface area (Å²) in [6.45, 7) is 4.31. The van der Waals surface area contributed by atoms with Gasteiger partial charge in [0.1, 0.15) is 0 Å². The Hall–Kier alpha value is -0.870. The lowest BCUT2D eigenvalue weighted by atomic mass is 10.1. The Labute approximate surface area is 109 Å². The zero-order valence-corrected chi connectivity index (χ0v) is 11.5. The first-order valence-corrected chi connectivity index (χ1v) is 6.90. The van der Waals surface area contributed by atoms with E-state index in [2.05, 4.69) is 55.9 Å². The molecule has 1 aliphatic heterocycles. The number of piperidine rings is 1. The van der Waals surface area contributed by atoms with Crippen molar-refractivity contribution in [2.45, 2.75) is 25.8 Å². The van der Waals surface area contributed by atoms with Crippen molar-refractivity contribution in [1.29, 1.82) is 0 Å². The zero-order chi connectivity index (χ0) is 11.8. The fourth-order valence-electron chi connectivity index (χ4n) is 2.57. The van der Waals surface area contributed by atoms with Gasteiger partial charge < -0.3 is 9.88 Å². The van der Waals surface area contributed by atoms with Gasteiger partial charge in [0.25, 0.3) is 0 Å². The number of benzene rings is 1. The minimum absolute atomic E-state index is 0.518. The average molecular weight is 294 g/mol. The number of imidazole rings is 1. The van der Waals surface area contributed by atoms with E-state index in [1.807, 2.05) is 0 Å². The topological polar surface area (TPSA) is 29.9 Å². The Kier molecular flexibility index (Phi) is 2.92. The molecule has 90 valence electrons. The van der Waals surface area contributed by atoms with Gasteiger partial charge in [-0.2, -0.15) is 0 Å². The van der Waals surface area contributed by atoms with Crippen LogP contribution >= 0.6 is 15.9 Å². The molecule has 0 saturated carbocycles. The van der Waals surface area contributed by atoms with Crippen LogP contribution in [0.25, 0.3) is 11.0 Å². The molecular weight excluding hydrogens is 278 g/mol. The van der Waals surface area contributed by atoms with Crippen LogP contribution in [0.5, 0.6) is 0 Å². The molecule has 0 amide bonds. The van der Waals surface area contributed by atoms with Gasteiger partial charge >= 0.3 is 0 Å². The first kappa shape index (κ1) is 11.2. The number of aryl methyl sites for hydroxylation is 1. The summed E-state index contributed by atoms with van der Waals surface area (Å²) in [5.74, 6) is 0. The summed E-state index contributed by atoms with van der Waals surface area (Å²) in [6.07, 6.45) is 2.47. The van der Waals surface area contributed by atoms with Crippen molar-refractivity contribution in [3.05, 3.63) is 28.5 Å². The summed E-state index contributed by atoms with van der Waals surface area (Å²) < 4.78 is 3.28. The predicted molar refractivity (Wildman–Crippen MR) is 73.3 cm³/mol. The first-order valence-electron chi connectivity index (χ1n) is 6.10. The van der Waals surface area contributed by atoms with Crippen LogP contribution in [0.1, 0.15) is 24.4 Å². The van der Waals surface area contributed by atoms with Gasteiger partial charge in [0.15, 0.2) is 4.73 Å². The molecule has 1 saturated heterocycles. The number of fused-ring (bicyclic) bond motifs is 1. The summed E-state index contributed by atoms with van der Waals surface area (Å²) >= 11 is 3.59. The second kappa shape index (κ2) is 4.42. The van der Waals surface area contributed by atoms with E-state index in [9.17, 15) is 0 Å². The van der Waals surface area contributed by atoms with E-state index in [0.29, 0.717) is 6.04 Å². The molecule has 17 heavy (non-hydrogen) atoms. The predicted octanol–water partition coefficient (Wildman–Crippen LogP) is 3.03. The molecule has 1 aromatic carbocycles. The molecule has 1 atom stereocenters. The van der Waals surface area contributed by atoms with Crippen molar-refractivity contribution >= 4 is 27.0 Å². The monoisotopic (exact) mass is 293 g/mol. The molecule has 2 heterocycles. The molecule has 4 heteroatoms. The Morgan fingerprint density at radius 1 is 1.47 bits per heavy atom. The number of hydrogen-bond donors (Lipinski definition) is 1. The van der Waals surface area contributed by atoms with Crippen LogP contribution in [-0.4, -0.2) is 22.6 Å². The minimum Gasteiger partial charge on any atom is -0.315 e. The van der Waals surface area contributed by atoms with E-state index >= 15 is 0 Å². The van der Waals surface area contributed by atoms with Gasteiger partial charge in [-0.1, -0.05) is 6.07 Å². The molecule has 3 nitrogen and oxygen atoms in total. The lowest BCUT2D eigenvalue weighted by Gasteiger charge is -2.25. The van der Waals surface area contributed by atoms with E-state index in [1.165, 1.54) is 23.9 Å². The van der Waals surface area contributed by atoms with Crippen molar-refractivity contribution in [2.75, 3.05) is 13.1 Å². The van der Waals surface area contributed by atoms with Gasteiger partial charge in [-0.25, -0.2) is 4.98 Å². The maximum atomic E-state index is 4.58. The van der Waals surface area contributed by atoms with E-state index < -0.39 is 0 Å². The van der Waals surface area contributed by atoms with Crippen LogP contribution in [0.2, 0.25) is 0 Å². The second-order valence-corrected chi connectivity index (χ2v) is 5.45. The molecule has 3 rings (SSSR count). The molecule has 0 spiro atoms.